The molecule has 0 aliphatic carbocycles. The van der Waals surface area contributed by atoms with Crippen LogP contribution in [0.2, 0.25) is 0 Å². The fourth-order valence-electron chi connectivity index (χ4n) is 0.281. The summed E-state index contributed by atoms with van der Waals surface area (Å²) in [5.74, 6) is -0.354. The Bertz CT molecular complexity index is 129. The average Bonchev–Trinajstić information content (AvgIpc) is 1.87. The maximum Gasteiger partial charge on any atom is 0.334 e. The van der Waals surface area contributed by atoms with Crippen molar-refractivity contribution in [3.05, 3.63) is 11.6 Å². The Morgan fingerprint density at radius 3 is 2.67 bits per heavy atom. The maximum absolute atomic E-state index is 10.6. The average molecular weight is 149 g/mol. The molecule has 0 saturated carbocycles. The van der Waals surface area contributed by atoms with Crippen molar-refractivity contribution < 1.29 is 9.53 Å². The lowest BCUT2D eigenvalue weighted by Crippen LogP contribution is -2.03. The lowest BCUT2D eigenvalue weighted by Gasteiger charge is -1.97. The number of hydrogen-bond donors (Lipinski definition) is 0. The molecule has 0 amide bonds. The van der Waals surface area contributed by atoms with E-state index in [4.69, 9.17) is 11.6 Å². The Morgan fingerprint density at radius 2 is 2.33 bits per heavy atom. The summed E-state index contributed by atoms with van der Waals surface area (Å²) in [7, 11) is 0. The summed E-state index contributed by atoms with van der Waals surface area (Å²) in [5, 5.41) is 0. The van der Waals surface area contributed by atoms with E-state index in [1.165, 1.54) is 0 Å². The van der Waals surface area contributed by atoms with Gasteiger partial charge in [0.25, 0.3) is 0 Å². The minimum Gasteiger partial charge on any atom is -0.446 e. The maximum atomic E-state index is 10.6. The number of allylic oxidation sites excluding steroid dienone is 1. The van der Waals surface area contributed by atoms with Crippen LogP contribution in [0.25, 0.3) is 0 Å². The molecule has 0 heterocycles. The van der Waals surface area contributed by atoms with E-state index < -0.39 is 0 Å². The van der Waals surface area contributed by atoms with E-state index in [-0.39, 0.29) is 12.0 Å². The van der Waals surface area contributed by atoms with Crippen molar-refractivity contribution in [3.63, 3.8) is 0 Å². The lowest BCUT2D eigenvalue weighted by atomic mass is 10.3. The van der Waals surface area contributed by atoms with Crippen LogP contribution in [0.5, 0.6) is 0 Å². The molecular weight excluding hydrogens is 140 g/mol. The van der Waals surface area contributed by atoms with Crippen LogP contribution in [0.1, 0.15) is 13.8 Å². The van der Waals surface area contributed by atoms with Gasteiger partial charge in [0.05, 0.1) is 0 Å². The Morgan fingerprint density at radius 1 is 1.78 bits per heavy atom. The third-order valence-corrected chi connectivity index (χ3v) is 1.05. The molecular formula is C6H9ClO2. The molecule has 0 radical (unpaired) electrons. The van der Waals surface area contributed by atoms with Crippen LogP contribution in [-0.4, -0.2) is 12.0 Å². The predicted molar refractivity (Wildman–Crippen MR) is 36.2 cm³/mol. The van der Waals surface area contributed by atoms with Crippen LogP contribution in [0.15, 0.2) is 11.6 Å². The van der Waals surface area contributed by atoms with E-state index in [2.05, 4.69) is 4.74 Å². The number of alkyl halides is 1. The molecule has 0 fully saturated rings. The van der Waals surface area contributed by atoms with Crippen molar-refractivity contribution in [2.75, 3.05) is 6.07 Å². The zero-order chi connectivity index (χ0) is 7.28. The summed E-state index contributed by atoms with van der Waals surface area (Å²) < 4.78 is 4.45. The Hall–Kier alpha value is -0.500. The van der Waals surface area contributed by atoms with Crippen LogP contribution in [-0.2, 0) is 9.53 Å². The molecule has 9 heavy (non-hydrogen) atoms. The third kappa shape index (κ3) is 3.14. The molecule has 0 spiro atoms. The third-order valence-electron chi connectivity index (χ3n) is 0.941. The highest BCUT2D eigenvalue weighted by molar-refractivity contribution is 6.17. The molecule has 0 rings (SSSR count). The summed E-state index contributed by atoms with van der Waals surface area (Å²) in [6.45, 7) is 3.44. The largest absolute Gasteiger partial charge is 0.446 e. The quantitative estimate of drug-likeness (QED) is 0.339. The first kappa shape index (κ1) is 8.50. The summed E-state index contributed by atoms with van der Waals surface area (Å²) in [4.78, 5) is 10.6. The van der Waals surface area contributed by atoms with E-state index in [9.17, 15) is 4.79 Å². The van der Waals surface area contributed by atoms with Crippen molar-refractivity contribution in [3.8, 4) is 0 Å². The number of carbonyl (C=O) groups is 1. The van der Waals surface area contributed by atoms with Gasteiger partial charge >= 0.3 is 5.97 Å². The number of halogens is 1. The highest BCUT2D eigenvalue weighted by Gasteiger charge is 2.00. The van der Waals surface area contributed by atoms with E-state index in [0.717, 1.165) is 0 Å². The van der Waals surface area contributed by atoms with Gasteiger partial charge in [-0.15, -0.1) is 0 Å². The number of esters is 1. The molecule has 52 valence electrons. The second-order valence-electron chi connectivity index (χ2n) is 1.51. The van der Waals surface area contributed by atoms with Gasteiger partial charge in [-0.05, 0) is 13.8 Å². The fourth-order valence-corrected chi connectivity index (χ4v) is 0.380. The smallest absolute Gasteiger partial charge is 0.334 e. The van der Waals surface area contributed by atoms with E-state index in [0.29, 0.717) is 5.57 Å². The number of carbonyl (C=O) groups excluding carboxylic acids is 1. The van der Waals surface area contributed by atoms with E-state index in [1.807, 2.05) is 0 Å². The number of hydrogen-bond acceptors (Lipinski definition) is 2. The molecule has 0 unspecified atom stereocenters. The Labute approximate surface area is 59.5 Å². The summed E-state index contributed by atoms with van der Waals surface area (Å²) in [5.41, 5.74) is 0.579. The molecule has 0 N–H and O–H groups in total. The summed E-state index contributed by atoms with van der Waals surface area (Å²) >= 11 is 5.13. The Kier molecular flexibility index (Phi) is 4.14. The summed E-state index contributed by atoms with van der Waals surface area (Å²) in [6, 6.07) is -0.0794. The standard InChI is InChI=1S/C6H9ClO2/c1-3-5(2)6(8)9-4-7/h3H,4H2,1-2H3. The first-order valence-corrected chi connectivity index (χ1v) is 3.11. The minimum absolute atomic E-state index is 0.0794. The van der Waals surface area contributed by atoms with Gasteiger partial charge in [0.15, 0.2) is 6.07 Å². The first-order chi connectivity index (χ1) is 4.22. The van der Waals surface area contributed by atoms with Gasteiger partial charge in [-0.3, -0.25) is 0 Å². The predicted octanol–water partition coefficient (Wildman–Crippen LogP) is 1.69. The van der Waals surface area contributed by atoms with E-state index in [1.54, 1.807) is 19.9 Å². The van der Waals surface area contributed by atoms with Gasteiger partial charge in [0.1, 0.15) is 0 Å². The van der Waals surface area contributed by atoms with Gasteiger partial charge in [0.2, 0.25) is 0 Å². The molecule has 0 atom stereocenters. The molecule has 3 heteroatoms. The van der Waals surface area contributed by atoms with Crippen LogP contribution in [0.4, 0.5) is 0 Å². The van der Waals surface area contributed by atoms with Crippen molar-refractivity contribution in [2.45, 2.75) is 13.8 Å². The Balaban J connectivity index is 3.74. The molecule has 0 aliphatic heterocycles. The monoisotopic (exact) mass is 148 g/mol. The van der Waals surface area contributed by atoms with Crippen LogP contribution < -0.4 is 0 Å². The molecule has 0 aliphatic rings. The van der Waals surface area contributed by atoms with Crippen molar-refractivity contribution in [2.24, 2.45) is 0 Å². The van der Waals surface area contributed by atoms with Crippen molar-refractivity contribution in [1.29, 1.82) is 0 Å². The van der Waals surface area contributed by atoms with Gasteiger partial charge in [-0.2, -0.15) is 0 Å². The molecule has 0 saturated heterocycles. The minimum atomic E-state index is -0.354. The summed E-state index contributed by atoms with van der Waals surface area (Å²) in [6.07, 6.45) is 1.68. The second kappa shape index (κ2) is 4.39. The zero-order valence-electron chi connectivity index (χ0n) is 5.48. The van der Waals surface area contributed by atoms with Gasteiger partial charge < -0.3 is 4.74 Å². The highest BCUT2D eigenvalue weighted by atomic mass is 35.5. The topological polar surface area (TPSA) is 26.3 Å². The molecule has 0 bridgehead atoms. The molecule has 0 aromatic carbocycles. The zero-order valence-corrected chi connectivity index (χ0v) is 6.23. The van der Waals surface area contributed by atoms with E-state index >= 15 is 0 Å². The number of ether oxygens (including phenoxy) is 1. The lowest BCUT2D eigenvalue weighted by molar-refractivity contribution is -0.136. The van der Waals surface area contributed by atoms with Gasteiger partial charge in [0, 0.05) is 5.57 Å². The molecule has 2 nitrogen and oxygen atoms in total. The van der Waals surface area contributed by atoms with Crippen molar-refractivity contribution in [1.82, 2.24) is 0 Å². The molecule has 0 aromatic rings. The van der Waals surface area contributed by atoms with Gasteiger partial charge in [-0.25, -0.2) is 4.79 Å². The normalized spacial score (nSPS) is 11.2. The van der Waals surface area contributed by atoms with Gasteiger partial charge in [-0.1, -0.05) is 17.7 Å². The van der Waals surface area contributed by atoms with Crippen LogP contribution in [0.3, 0.4) is 0 Å². The van der Waals surface area contributed by atoms with Crippen LogP contribution in [0, 0.1) is 0 Å². The molecule has 0 aromatic heterocycles. The highest BCUT2D eigenvalue weighted by Crippen LogP contribution is 1.95. The van der Waals surface area contributed by atoms with Crippen molar-refractivity contribution >= 4 is 17.6 Å². The number of rotatable bonds is 2. The SMILES string of the molecule is CC=C(C)C(=O)OCCl. The van der Waals surface area contributed by atoms with Crippen LogP contribution >= 0.6 is 11.6 Å². The fraction of sp³-hybridized carbons (Fsp3) is 0.500. The first-order valence-electron chi connectivity index (χ1n) is 2.58. The second-order valence-corrected chi connectivity index (χ2v) is 1.73.